The van der Waals surface area contributed by atoms with Gasteiger partial charge in [0, 0.05) is 0 Å². The lowest BCUT2D eigenvalue weighted by Gasteiger charge is -2.23. The maximum absolute atomic E-state index is 12.0. The van der Waals surface area contributed by atoms with Gasteiger partial charge in [0.25, 0.3) is 0 Å². The smallest absolute Gasteiger partial charge is 0.324 e. The van der Waals surface area contributed by atoms with E-state index in [-0.39, 0.29) is 0 Å². The Morgan fingerprint density at radius 3 is 1.62 bits per heavy atom. The van der Waals surface area contributed by atoms with Crippen LogP contribution in [0.4, 0.5) is 26.3 Å². The molecule has 3 atom stereocenters. The molecule has 0 aromatic heterocycles. The Kier molecular flexibility index (Phi) is 6.87. The van der Waals surface area contributed by atoms with Crippen molar-refractivity contribution in [2.24, 2.45) is 0 Å². The van der Waals surface area contributed by atoms with Gasteiger partial charge in [-0.3, -0.25) is 4.74 Å². The summed E-state index contributed by atoms with van der Waals surface area (Å²) in [6, 6.07) is 0. The second kappa shape index (κ2) is 7.09. The van der Waals surface area contributed by atoms with Crippen LogP contribution in [0.5, 0.6) is 0 Å². The van der Waals surface area contributed by atoms with Crippen molar-refractivity contribution in [1.82, 2.24) is 0 Å². The van der Waals surface area contributed by atoms with Gasteiger partial charge in [0.2, 0.25) is 0 Å². The van der Waals surface area contributed by atoms with Crippen LogP contribution in [0.3, 0.4) is 0 Å². The van der Waals surface area contributed by atoms with Gasteiger partial charge in [-0.25, -0.2) is 4.18 Å². The van der Waals surface area contributed by atoms with Crippen LogP contribution in [0.1, 0.15) is 20.8 Å². The second-order valence-corrected chi connectivity index (χ2v) is 5.10. The van der Waals surface area contributed by atoms with Gasteiger partial charge in [0.1, 0.15) is 0 Å². The van der Waals surface area contributed by atoms with Gasteiger partial charge in [0.15, 0.2) is 18.9 Å². The van der Waals surface area contributed by atoms with Crippen LogP contribution in [0.2, 0.25) is 0 Å². The molecule has 0 aromatic rings. The molecule has 13 heteroatoms. The zero-order chi connectivity index (χ0) is 17.1. The first-order valence-electron chi connectivity index (χ1n) is 5.19. The Morgan fingerprint density at radius 2 is 1.24 bits per heavy atom. The van der Waals surface area contributed by atoms with Gasteiger partial charge < -0.3 is 9.47 Å². The molecular formula is C8H12F6O6S. The summed E-state index contributed by atoms with van der Waals surface area (Å²) in [5.74, 6) is 0. The predicted octanol–water partition coefficient (Wildman–Crippen LogP) is 2.46. The summed E-state index contributed by atoms with van der Waals surface area (Å²) in [6.07, 6.45) is -10.3. The fourth-order valence-corrected chi connectivity index (χ4v) is 1.55. The Morgan fingerprint density at radius 1 is 0.810 bits per heavy atom. The SMILES string of the molecule is CC(OC(C)OC(F)(F)F)OC(C)OS(=O)(=O)C(F)(F)F. The van der Waals surface area contributed by atoms with Gasteiger partial charge in [-0.15, -0.1) is 13.2 Å². The first-order chi connectivity index (χ1) is 9.14. The first kappa shape index (κ1) is 20.4. The van der Waals surface area contributed by atoms with E-state index in [9.17, 15) is 34.8 Å². The molecule has 0 saturated carbocycles. The van der Waals surface area contributed by atoms with Crippen LogP contribution in [0.25, 0.3) is 0 Å². The quantitative estimate of drug-likeness (QED) is 0.304. The van der Waals surface area contributed by atoms with Crippen molar-refractivity contribution >= 4 is 10.1 Å². The molecule has 0 saturated heterocycles. The third-order valence-electron chi connectivity index (χ3n) is 1.61. The molecule has 128 valence electrons. The van der Waals surface area contributed by atoms with Crippen LogP contribution in [-0.2, 0) is 28.5 Å². The van der Waals surface area contributed by atoms with Crippen molar-refractivity contribution < 1.29 is 53.2 Å². The minimum atomic E-state index is -5.89. The zero-order valence-corrected chi connectivity index (χ0v) is 11.7. The maximum atomic E-state index is 12.0. The topological polar surface area (TPSA) is 71.1 Å². The van der Waals surface area contributed by atoms with Gasteiger partial charge in [-0.1, -0.05) is 0 Å². The summed E-state index contributed by atoms with van der Waals surface area (Å²) >= 11 is 0. The number of halogens is 6. The molecule has 0 spiro atoms. The van der Waals surface area contributed by atoms with Crippen molar-refractivity contribution in [1.29, 1.82) is 0 Å². The van der Waals surface area contributed by atoms with Crippen LogP contribution >= 0.6 is 0 Å². The van der Waals surface area contributed by atoms with E-state index < -0.39 is 40.9 Å². The fourth-order valence-electron chi connectivity index (χ4n) is 1.04. The van der Waals surface area contributed by atoms with Gasteiger partial charge >= 0.3 is 22.0 Å². The van der Waals surface area contributed by atoms with Crippen LogP contribution in [0.15, 0.2) is 0 Å². The van der Waals surface area contributed by atoms with E-state index in [4.69, 9.17) is 0 Å². The lowest BCUT2D eigenvalue weighted by molar-refractivity contribution is -0.392. The monoisotopic (exact) mass is 350 g/mol. The van der Waals surface area contributed by atoms with E-state index in [2.05, 4.69) is 18.4 Å². The molecule has 0 heterocycles. The van der Waals surface area contributed by atoms with Gasteiger partial charge in [0.05, 0.1) is 0 Å². The lowest BCUT2D eigenvalue weighted by atomic mass is 10.6. The molecule has 0 aliphatic heterocycles. The molecule has 0 aromatic carbocycles. The Hall–Kier alpha value is -0.630. The number of rotatable bonds is 7. The molecule has 0 rings (SSSR count). The highest BCUT2D eigenvalue weighted by Crippen LogP contribution is 2.26. The van der Waals surface area contributed by atoms with Crippen LogP contribution in [0, 0.1) is 0 Å². The Bertz CT molecular complexity index is 418. The van der Waals surface area contributed by atoms with Crippen molar-refractivity contribution in [3.8, 4) is 0 Å². The third-order valence-corrected chi connectivity index (χ3v) is 2.70. The molecule has 6 nitrogen and oxygen atoms in total. The molecule has 0 aliphatic carbocycles. The van der Waals surface area contributed by atoms with Crippen LogP contribution in [-0.4, -0.2) is 39.2 Å². The van der Waals surface area contributed by atoms with Crippen LogP contribution < -0.4 is 0 Å². The number of alkyl halides is 6. The average Bonchev–Trinajstić information content (AvgIpc) is 2.08. The maximum Gasteiger partial charge on any atom is 0.524 e. The molecule has 0 aliphatic rings. The Balaban J connectivity index is 4.37. The molecule has 0 radical (unpaired) electrons. The Labute approximate surface area is 116 Å². The molecule has 0 N–H and O–H groups in total. The van der Waals surface area contributed by atoms with Crippen molar-refractivity contribution in [2.75, 3.05) is 0 Å². The minimum absolute atomic E-state index is 0.790. The van der Waals surface area contributed by atoms with Crippen molar-refractivity contribution in [2.45, 2.75) is 51.5 Å². The summed E-state index contributed by atoms with van der Waals surface area (Å²) in [5, 5.41) is 0. The van der Waals surface area contributed by atoms with Gasteiger partial charge in [-0.2, -0.15) is 21.6 Å². The minimum Gasteiger partial charge on any atom is -0.324 e. The van der Waals surface area contributed by atoms with Gasteiger partial charge in [-0.05, 0) is 20.8 Å². The molecule has 0 fully saturated rings. The molecule has 0 amide bonds. The van der Waals surface area contributed by atoms with Crippen molar-refractivity contribution in [3.05, 3.63) is 0 Å². The number of ether oxygens (including phenoxy) is 3. The summed E-state index contributed by atoms with van der Waals surface area (Å²) in [7, 11) is -5.89. The summed E-state index contributed by atoms with van der Waals surface area (Å²) in [6.45, 7) is 2.65. The molecule has 3 unspecified atom stereocenters. The number of hydrogen-bond donors (Lipinski definition) is 0. The zero-order valence-electron chi connectivity index (χ0n) is 10.9. The average molecular weight is 350 g/mol. The second-order valence-electron chi connectivity index (χ2n) is 3.53. The summed E-state index contributed by atoms with van der Waals surface area (Å²) < 4.78 is 109. The van der Waals surface area contributed by atoms with E-state index in [1.54, 1.807) is 0 Å². The molecule has 0 bridgehead atoms. The van der Waals surface area contributed by atoms with Crippen molar-refractivity contribution in [3.63, 3.8) is 0 Å². The normalized spacial score (nSPS) is 18.3. The lowest BCUT2D eigenvalue weighted by Crippen LogP contribution is -2.34. The highest BCUT2D eigenvalue weighted by molar-refractivity contribution is 7.87. The molecular weight excluding hydrogens is 338 g/mol. The van der Waals surface area contributed by atoms with E-state index in [0.717, 1.165) is 20.8 Å². The van der Waals surface area contributed by atoms with E-state index in [0.29, 0.717) is 0 Å². The first-order valence-corrected chi connectivity index (χ1v) is 6.60. The largest absolute Gasteiger partial charge is 0.524 e. The highest BCUT2D eigenvalue weighted by atomic mass is 32.2. The number of hydrogen-bond acceptors (Lipinski definition) is 6. The standard InChI is InChI=1S/C8H12F6O6S/c1-4(17-5(2)19-7(9,10)11)18-6(3)20-21(15,16)8(12,13)14/h4-6H,1-3H3. The summed E-state index contributed by atoms with van der Waals surface area (Å²) in [5.41, 5.74) is -5.65. The third kappa shape index (κ3) is 8.40. The fraction of sp³-hybridized carbons (Fsp3) is 1.00. The van der Waals surface area contributed by atoms with E-state index >= 15 is 0 Å². The summed E-state index contributed by atoms with van der Waals surface area (Å²) in [4.78, 5) is 0. The van der Waals surface area contributed by atoms with E-state index in [1.165, 1.54) is 0 Å². The molecule has 21 heavy (non-hydrogen) atoms. The highest BCUT2D eigenvalue weighted by Gasteiger charge is 2.48. The predicted molar refractivity (Wildman–Crippen MR) is 53.8 cm³/mol. The van der Waals surface area contributed by atoms with E-state index in [1.807, 2.05) is 0 Å².